The first kappa shape index (κ1) is 17.9. The number of halogens is 1. The molecule has 0 amide bonds. The van der Waals surface area contributed by atoms with E-state index in [4.69, 9.17) is 16.6 Å². The monoisotopic (exact) mass is 400 g/mol. The van der Waals surface area contributed by atoms with Crippen LogP contribution in [0.25, 0.3) is 5.00 Å². The average molecular weight is 401 g/mol. The van der Waals surface area contributed by atoms with Crippen LogP contribution in [0.3, 0.4) is 0 Å². The molecule has 3 aromatic rings. The summed E-state index contributed by atoms with van der Waals surface area (Å²) in [5.41, 5.74) is 3.78. The highest BCUT2D eigenvalue weighted by Crippen LogP contribution is 2.39. The number of nitrogens with zero attached hydrogens (tertiary/aromatic N) is 4. The van der Waals surface area contributed by atoms with Crippen LogP contribution in [0, 0.1) is 20.8 Å². The van der Waals surface area contributed by atoms with Gasteiger partial charge in [-0.1, -0.05) is 23.7 Å². The Morgan fingerprint density at radius 3 is 2.59 bits per heavy atom. The quantitative estimate of drug-likeness (QED) is 0.711. The smallest absolute Gasteiger partial charge is 0.306 e. The van der Waals surface area contributed by atoms with Gasteiger partial charge in [-0.05, 0) is 38.5 Å². The number of aryl methyl sites for hydroxylation is 2. The Bertz CT molecular complexity index is 1080. The number of rotatable bonds is 3. The molecule has 2 aromatic heterocycles. The standard InChI is InChI=1S/C19H17ClN4O2S/c1-9-10(2)27-19-16(9)17(12-4-6-13(20)7-5-12)21-14(8-15(25)26)18-23-22-11(3)24(18)19/h4-7,14H,8H2,1-3H3,(H,25,26). The summed E-state index contributed by atoms with van der Waals surface area (Å²) in [5, 5.41) is 19.5. The zero-order valence-corrected chi connectivity index (χ0v) is 16.6. The normalized spacial score (nSPS) is 15.7. The summed E-state index contributed by atoms with van der Waals surface area (Å²) in [6.07, 6.45) is -0.151. The van der Waals surface area contributed by atoms with Crippen molar-refractivity contribution in [3.8, 4) is 5.00 Å². The lowest BCUT2D eigenvalue weighted by atomic mass is 9.99. The molecule has 1 atom stereocenters. The van der Waals surface area contributed by atoms with E-state index in [1.54, 1.807) is 11.3 Å². The van der Waals surface area contributed by atoms with Gasteiger partial charge < -0.3 is 5.11 Å². The van der Waals surface area contributed by atoms with E-state index in [2.05, 4.69) is 24.0 Å². The first-order valence-corrected chi connectivity index (χ1v) is 9.64. The molecule has 8 heteroatoms. The number of hydrogen-bond donors (Lipinski definition) is 1. The van der Waals surface area contributed by atoms with Gasteiger partial charge in [-0.3, -0.25) is 14.4 Å². The number of aliphatic carboxylic acids is 1. The van der Waals surface area contributed by atoms with E-state index >= 15 is 0 Å². The Labute approximate surface area is 165 Å². The highest BCUT2D eigenvalue weighted by Gasteiger charge is 2.32. The van der Waals surface area contributed by atoms with Crippen molar-refractivity contribution in [1.29, 1.82) is 0 Å². The number of aliphatic imine (C=N–C) groups is 1. The molecule has 138 valence electrons. The molecule has 1 aromatic carbocycles. The molecule has 6 nitrogen and oxygen atoms in total. The van der Waals surface area contributed by atoms with Gasteiger partial charge in [-0.15, -0.1) is 21.5 Å². The molecular weight excluding hydrogens is 384 g/mol. The summed E-state index contributed by atoms with van der Waals surface area (Å²) in [7, 11) is 0. The van der Waals surface area contributed by atoms with Crippen LogP contribution in [-0.4, -0.2) is 31.6 Å². The molecule has 3 heterocycles. The average Bonchev–Trinajstić information content (AvgIpc) is 3.08. The third kappa shape index (κ3) is 2.96. The van der Waals surface area contributed by atoms with Crippen molar-refractivity contribution in [2.24, 2.45) is 4.99 Å². The second kappa shape index (κ2) is 6.58. The van der Waals surface area contributed by atoms with E-state index in [9.17, 15) is 9.90 Å². The minimum Gasteiger partial charge on any atom is -0.481 e. The second-order valence-corrected chi connectivity index (χ2v) is 8.14. The van der Waals surface area contributed by atoms with Crippen LogP contribution < -0.4 is 0 Å². The first-order valence-electron chi connectivity index (χ1n) is 8.45. The molecule has 0 fully saturated rings. The molecule has 0 aliphatic carbocycles. The molecule has 0 saturated carbocycles. The largest absolute Gasteiger partial charge is 0.481 e. The van der Waals surface area contributed by atoms with E-state index in [1.807, 2.05) is 35.8 Å². The van der Waals surface area contributed by atoms with Gasteiger partial charge in [0.2, 0.25) is 0 Å². The van der Waals surface area contributed by atoms with Crippen LogP contribution in [0.15, 0.2) is 29.3 Å². The number of carboxylic acids is 1. The summed E-state index contributed by atoms with van der Waals surface area (Å²) in [4.78, 5) is 17.5. The minimum atomic E-state index is -0.926. The fourth-order valence-corrected chi connectivity index (χ4v) is 4.64. The van der Waals surface area contributed by atoms with Crippen LogP contribution >= 0.6 is 22.9 Å². The molecule has 0 spiro atoms. The molecule has 1 N–H and O–H groups in total. The third-order valence-corrected chi connectivity index (χ3v) is 6.17. The molecule has 27 heavy (non-hydrogen) atoms. The van der Waals surface area contributed by atoms with Crippen LogP contribution in [0.1, 0.15) is 45.7 Å². The predicted octanol–water partition coefficient (Wildman–Crippen LogP) is 4.27. The lowest BCUT2D eigenvalue weighted by molar-refractivity contribution is -0.137. The number of fused-ring (bicyclic) bond motifs is 3. The number of thiophene rings is 1. The number of hydrogen-bond acceptors (Lipinski definition) is 5. The Hall–Kier alpha value is -2.51. The molecular formula is C19H17ClN4O2S. The van der Waals surface area contributed by atoms with Crippen molar-refractivity contribution in [3.05, 3.63) is 62.5 Å². The molecule has 1 unspecified atom stereocenters. The van der Waals surface area contributed by atoms with E-state index < -0.39 is 12.0 Å². The van der Waals surface area contributed by atoms with Crippen LogP contribution in [-0.2, 0) is 4.79 Å². The number of benzene rings is 1. The van der Waals surface area contributed by atoms with Crippen molar-refractivity contribution in [3.63, 3.8) is 0 Å². The Morgan fingerprint density at radius 1 is 1.22 bits per heavy atom. The van der Waals surface area contributed by atoms with Gasteiger partial charge in [0.1, 0.15) is 16.9 Å². The van der Waals surface area contributed by atoms with Crippen molar-refractivity contribution < 1.29 is 9.90 Å². The van der Waals surface area contributed by atoms with Gasteiger partial charge >= 0.3 is 5.97 Å². The maximum atomic E-state index is 11.5. The molecule has 0 bridgehead atoms. The van der Waals surface area contributed by atoms with Gasteiger partial charge in [-0.2, -0.15) is 0 Å². The van der Waals surface area contributed by atoms with E-state index in [0.717, 1.165) is 33.2 Å². The van der Waals surface area contributed by atoms with E-state index in [-0.39, 0.29) is 6.42 Å². The van der Waals surface area contributed by atoms with Crippen molar-refractivity contribution >= 4 is 34.6 Å². The lowest BCUT2D eigenvalue weighted by Crippen LogP contribution is -2.10. The van der Waals surface area contributed by atoms with Crippen LogP contribution in [0.4, 0.5) is 0 Å². The highest BCUT2D eigenvalue weighted by molar-refractivity contribution is 7.15. The Kier molecular flexibility index (Phi) is 4.36. The zero-order valence-electron chi connectivity index (χ0n) is 15.0. The first-order chi connectivity index (χ1) is 12.9. The number of aromatic nitrogens is 3. The highest BCUT2D eigenvalue weighted by atomic mass is 35.5. The van der Waals surface area contributed by atoms with Crippen LogP contribution in [0.2, 0.25) is 5.02 Å². The minimum absolute atomic E-state index is 0.151. The molecule has 0 radical (unpaired) electrons. The maximum Gasteiger partial charge on any atom is 0.306 e. The van der Waals surface area contributed by atoms with E-state index in [0.29, 0.717) is 10.8 Å². The second-order valence-electron chi connectivity index (χ2n) is 6.50. The van der Waals surface area contributed by atoms with Gasteiger partial charge in [0.25, 0.3) is 0 Å². The summed E-state index contributed by atoms with van der Waals surface area (Å²) in [6.45, 7) is 6.00. The summed E-state index contributed by atoms with van der Waals surface area (Å²) in [5.74, 6) is 0.348. The lowest BCUT2D eigenvalue weighted by Gasteiger charge is -2.10. The molecule has 1 aliphatic heterocycles. The van der Waals surface area contributed by atoms with E-state index in [1.165, 1.54) is 4.88 Å². The SMILES string of the molecule is Cc1sc2c(c1C)C(c1ccc(Cl)cc1)=NC(CC(=O)O)c1nnc(C)n1-2. The molecule has 1 aliphatic rings. The third-order valence-electron chi connectivity index (χ3n) is 4.73. The maximum absolute atomic E-state index is 11.5. The van der Waals surface area contributed by atoms with Gasteiger partial charge in [-0.25, -0.2) is 0 Å². The van der Waals surface area contributed by atoms with Crippen LogP contribution in [0.5, 0.6) is 0 Å². The summed E-state index contributed by atoms with van der Waals surface area (Å²) < 4.78 is 1.94. The van der Waals surface area contributed by atoms with Crippen molar-refractivity contribution in [2.45, 2.75) is 33.2 Å². The predicted molar refractivity (Wildman–Crippen MR) is 106 cm³/mol. The number of carboxylic acid groups (broad SMARTS) is 1. The molecule has 4 rings (SSSR count). The van der Waals surface area contributed by atoms with Gasteiger partial charge in [0.15, 0.2) is 5.82 Å². The van der Waals surface area contributed by atoms with Gasteiger partial charge in [0, 0.05) is 21.0 Å². The van der Waals surface area contributed by atoms with Gasteiger partial charge in [0.05, 0.1) is 12.1 Å². The summed E-state index contributed by atoms with van der Waals surface area (Å²) >= 11 is 7.70. The molecule has 0 saturated heterocycles. The van der Waals surface area contributed by atoms with Crippen molar-refractivity contribution in [1.82, 2.24) is 14.8 Å². The Balaban J connectivity index is 2.04. The fourth-order valence-electron chi connectivity index (χ4n) is 3.30. The van der Waals surface area contributed by atoms with Crippen molar-refractivity contribution in [2.75, 3.05) is 0 Å². The zero-order chi connectivity index (χ0) is 19.3. The Morgan fingerprint density at radius 2 is 1.93 bits per heavy atom. The fraction of sp³-hybridized carbons (Fsp3) is 0.263. The summed E-state index contributed by atoms with van der Waals surface area (Å²) in [6, 6.07) is 6.84. The topological polar surface area (TPSA) is 80.4 Å². The number of carbonyl (C=O) groups is 1.